The Morgan fingerprint density at radius 1 is 1.18 bits per heavy atom. The molecule has 0 aliphatic carbocycles. The highest BCUT2D eigenvalue weighted by Crippen LogP contribution is 2.15. The maximum atomic E-state index is 12.0. The minimum Gasteiger partial charge on any atom is -0.364 e. The molecule has 2 rings (SSSR count). The number of sulfonamides is 1. The van der Waals surface area contributed by atoms with E-state index < -0.39 is 10.0 Å². The highest BCUT2D eigenvalue weighted by Gasteiger charge is 2.16. The van der Waals surface area contributed by atoms with Gasteiger partial charge < -0.3 is 5.32 Å². The molecule has 0 radical (unpaired) electrons. The van der Waals surface area contributed by atoms with Crippen LogP contribution in [0.2, 0.25) is 0 Å². The Balaban J connectivity index is 2.11. The van der Waals surface area contributed by atoms with Crippen LogP contribution in [0.4, 0.5) is 5.82 Å². The molecule has 0 saturated carbocycles. The molecule has 0 spiro atoms. The summed E-state index contributed by atoms with van der Waals surface area (Å²) in [6.07, 6.45) is 2.95. The van der Waals surface area contributed by atoms with Crippen LogP contribution in [-0.4, -0.2) is 36.8 Å². The summed E-state index contributed by atoms with van der Waals surface area (Å²) in [5.41, 5.74) is 1.08. The Labute approximate surface area is 129 Å². The average molecular weight is 317 g/mol. The van der Waals surface area contributed by atoms with Crippen LogP contribution in [0.25, 0.3) is 0 Å². The zero-order valence-electron chi connectivity index (χ0n) is 12.2. The largest absolute Gasteiger partial charge is 0.364 e. The number of nitriles is 1. The fourth-order valence-electron chi connectivity index (χ4n) is 1.73. The van der Waals surface area contributed by atoms with E-state index in [4.69, 9.17) is 5.26 Å². The number of benzene rings is 1. The molecule has 0 bridgehead atoms. The third-order valence-corrected chi connectivity index (χ3v) is 4.80. The van der Waals surface area contributed by atoms with Gasteiger partial charge in [0.15, 0.2) is 11.5 Å². The summed E-state index contributed by atoms with van der Waals surface area (Å²) in [4.78, 5) is 8.18. The van der Waals surface area contributed by atoms with Crippen molar-refractivity contribution in [3.63, 3.8) is 0 Å². The normalized spacial score (nSPS) is 11.2. The maximum Gasteiger partial charge on any atom is 0.242 e. The van der Waals surface area contributed by atoms with Gasteiger partial charge in [0.1, 0.15) is 6.07 Å². The Kier molecular flexibility index (Phi) is 4.70. The van der Waals surface area contributed by atoms with Crippen LogP contribution in [0.3, 0.4) is 0 Å². The number of hydrogen-bond donors (Lipinski definition) is 1. The van der Waals surface area contributed by atoms with Crippen LogP contribution in [0.5, 0.6) is 0 Å². The molecule has 0 atom stereocenters. The fraction of sp³-hybridized carbons (Fsp3) is 0.214. The highest BCUT2D eigenvalue weighted by atomic mass is 32.2. The molecule has 0 aliphatic rings. The predicted octanol–water partition coefficient (Wildman–Crippen LogP) is 1.21. The molecule has 8 heteroatoms. The van der Waals surface area contributed by atoms with Gasteiger partial charge in [-0.2, -0.15) is 5.26 Å². The number of nitrogens with one attached hydrogen (secondary N) is 1. The van der Waals surface area contributed by atoms with Crippen molar-refractivity contribution in [2.45, 2.75) is 11.4 Å². The van der Waals surface area contributed by atoms with Crippen molar-refractivity contribution in [3.05, 3.63) is 47.9 Å². The van der Waals surface area contributed by atoms with Gasteiger partial charge in [-0.05, 0) is 17.7 Å². The standard InChI is InChI=1S/C14H15N5O2S/c1-19(2)22(20,21)12-5-3-11(4-6-12)10-18-14-13(9-15)16-7-8-17-14/h3-8H,10H2,1-2H3,(H,17,18). The Bertz CT molecular complexity index is 795. The van der Waals surface area contributed by atoms with Gasteiger partial charge >= 0.3 is 0 Å². The fourth-order valence-corrected chi connectivity index (χ4v) is 2.63. The SMILES string of the molecule is CN(C)S(=O)(=O)c1ccc(CNc2nccnc2C#N)cc1. The van der Waals surface area contributed by atoms with E-state index in [0.717, 1.165) is 5.56 Å². The molecule has 1 aromatic heterocycles. The summed E-state index contributed by atoms with van der Waals surface area (Å²) >= 11 is 0. The van der Waals surface area contributed by atoms with Crippen LogP contribution in [-0.2, 0) is 16.6 Å². The van der Waals surface area contributed by atoms with Crippen LogP contribution in [0.15, 0.2) is 41.6 Å². The first-order chi connectivity index (χ1) is 10.4. The van der Waals surface area contributed by atoms with Gasteiger partial charge in [0.05, 0.1) is 4.90 Å². The minimum absolute atomic E-state index is 0.217. The molecule has 0 amide bonds. The smallest absolute Gasteiger partial charge is 0.242 e. The van der Waals surface area contributed by atoms with Gasteiger partial charge in [-0.15, -0.1) is 0 Å². The lowest BCUT2D eigenvalue weighted by Gasteiger charge is -2.12. The summed E-state index contributed by atoms with van der Waals surface area (Å²) in [5, 5.41) is 11.9. The summed E-state index contributed by atoms with van der Waals surface area (Å²) in [5.74, 6) is 0.398. The number of rotatable bonds is 5. The maximum absolute atomic E-state index is 12.0. The zero-order valence-corrected chi connectivity index (χ0v) is 13.0. The molecule has 1 aromatic carbocycles. The first-order valence-corrected chi connectivity index (χ1v) is 7.85. The summed E-state index contributed by atoms with van der Waals surface area (Å²) in [6.45, 7) is 0.412. The molecule has 7 nitrogen and oxygen atoms in total. The van der Waals surface area contributed by atoms with Crippen molar-refractivity contribution in [2.24, 2.45) is 0 Å². The molecular formula is C14H15N5O2S. The van der Waals surface area contributed by atoms with E-state index in [-0.39, 0.29) is 10.6 Å². The number of nitrogens with zero attached hydrogens (tertiary/aromatic N) is 4. The van der Waals surface area contributed by atoms with E-state index in [1.807, 2.05) is 6.07 Å². The lowest BCUT2D eigenvalue weighted by atomic mass is 10.2. The van der Waals surface area contributed by atoms with Gasteiger partial charge in [-0.1, -0.05) is 12.1 Å². The molecule has 0 aliphatic heterocycles. The number of hydrogen-bond acceptors (Lipinski definition) is 6. The number of aromatic nitrogens is 2. The van der Waals surface area contributed by atoms with E-state index >= 15 is 0 Å². The van der Waals surface area contributed by atoms with Crippen molar-refractivity contribution >= 4 is 15.8 Å². The molecule has 1 heterocycles. The second-order valence-electron chi connectivity index (χ2n) is 4.65. The topological polar surface area (TPSA) is 99.0 Å². The Hall–Kier alpha value is -2.50. The lowest BCUT2D eigenvalue weighted by Crippen LogP contribution is -2.22. The molecule has 114 valence electrons. The minimum atomic E-state index is -3.42. The van der Waals surface area contributed by atoms with Crippen LogP contribution >= 0.6 is 0 Å². The van der Waals surface area contributed by atoms with E-state index in [0.29, 0.717) is 12.4 Å². The monoisotopic (exact) mass is 317 g/mol. The first-order valence-electron chi connectivity index (χ1n) is 6.41. The van der Waals surface area contributed by atoms with Crippen molar-refractivity contribution in [1.82, 2.24) is 14.3 Å². The zero-order chi connectivity index (χ0) is 16.2. The number of anilines is 1. The third-order valence-electron chi connectivity index (χ3n) is 2.97. The van der Waals surface area contributed by atoms with Crippen LogP contribution in [0, 0.1) is 11.3 Å². The second-order valence-corrected chi connectivity index (χ2v) is 6.80. The molecule has 0 fully saturated rings. The molecule has 0 unspecified atom stereocenters. The highest BCUT2D eigenvalue weighted by molar-refractivity contribution is 7.89. The molecule has 22 heavy (non-hydrogen) atoms. The van der Waals surface area contributed by atoms with Crippen molar-refractivity contribution in [2.75, 3.05) is 19.4 Å². The molecule has 1 N–H and O–H groups in total. The van der Waals surface area contributed by atoms with Gasteiger partial charge in [-0.3, -0.25) is 0 Å². The second kappa shape index (κ2) is 6.51. The van der Waals surface area contributed by atoms with E-state index in [1.54, 1.807) is 24.3 Å². The van der Waals surface area contributed by atoms with E-state index in [9.17, 15) is 8.42 Å². The molecule has 2 aromatic rings. The van der Waals surface area contributed by atoms with Gasteiger partial charge in [-0.25, -0.2) is 22.7 Å². The van der Waals surface area contributed by atoms with Gasteiger partial charge in [0, 0.05) is 33.0 Å². The van der Waals surface area contributed by atoms with Crippen LogP contribution < -0.4 is 5.32 Å². The summed E-state index contributed by atoms with van der Waals surface area (Å²) < 4.78 is 25.1. The summed E-state index contributed by atoms with van der Waals surface area (Å²) in [7, 11) is -0.447. The first kappa shape index (κ1) is 15.9. The van der Waals surface area contributed by atoms with Crippen molar-refractivity contribution < 1.29 is 8.42 Å². The van der Waals surface area contributed by atoms with E-state index in [2.05, 4.69) is 15.3 Å². The Morgan fingerprint density at radius 3 is 2.41 bits per heavy atom. The molecular weight excluding hydrogens is 302 g/mol. The van der Waals surface area contributed by atoms with Crippen molar-refractivity contribution in [1.29, 1.82) is 5.26 Å². The van der Waals surface area contributed by atoms with Gasteiger partial charge in [0.2, 0.25) is 10.0 Å². The summed E-state index contributed by atoms with van der Waals surface area (Å²) in [6, 6.07) is 8.48. The van der Waals surface area contributed by atoms with Crippen LogP contribution in [0.1, 0.15) is 11.3 Å². The predicted molar refractivity (Wildman–Crippen MR) is 81.4 cm³/mol. The van der Waals surface area contributed by atoms with Gasteiger partial charge in [0.25, 0.3) is 0 Å². The third kappa shape index (κ3) is 3.39. The average Bonchev–Trinajstić information content (AvgIpc) is 2.53. The Morgan fingerprint density at radius 2 is 1.82 bits per heavy atom. The van der Waals surface area contributed by atoms with Crippen molar-refractivity contribution in [3.8, 4) is 6.07 Å². The lowest BCUT2D eigenvalue weighted by molar-refractivity contribution is 0.520. The van der Waals surface area contributed by atoms with E-state index in [1.165, 1.54) is 30.8 Å². The quantitative estimate of drug-likeness (QED) is 0.890. The molecule has 0 saturated heterocycles.